The normalized spacial score (nSPS) is 19.8. The van der Waals surface area contributed by atoms with Crippen LogP contribution in [0.5, 0.6) is 0 Å². The first kappa shape index (κ1) is 11.5. The monoisotopic (exact) mass is 199 g/mol. The minimum atomic E-state index is -0.911. The van der Waals surface area contributed by atoms with Gasteiger partial charge in [-0.3, -0.25) is 0 Å². The molecule has 1 fully saturated rings. The van der Waals surface area contributed by atoms with Crippen LogP contribution in [0.25, 0.3) is 0 Å². The second-order valence-electron chi connectivity index (χ2n) is 4.68. The second-order valence-corrected chi connectivity index (χ2v) is 4.68. The van der Waals surface area contributed by atoms with Crippen molar-refractivity contribution in [3.8, 4) is 0 Å². The van der Waals surface area contributed by atoms with Gasteiger partial charge in [-0.25, -0.2) is 0 Å². The highest BCUT2D eigenvalue weighted by molar-refractivity contribution is 5.63. The Morgan fingerprint density at radius 3 is 2.43 bits per heavy atom. The average Bonchev–Trinajstić information content (AvgIpc) is 2.51. The summed E-state index contributed by atoms with van der Waals surface area (Å²) in [6, 6.07) is 0. The molecule has 0 radical (unpaired) electrons. The lowest BCUT2D eigenvalue weighted by Crippen LogP contribution is -2.41. The third kappa shape index (κ3) is 4.09. The summed E-state index contributed by atoms with van der Waals surface area (Å²) in [5.41, 5.74) is 0. The van der Waals surface area contributed by atoms with Gasteiger partial charge in [0, 0.05) is 18.8 Å². The molecule has 0 unspecified atom stereocenters. The highest BCUT2D eigenvalue weighted by Gasteiger charge is 2.25. The molecule has 0 aromatic carbocycles. The Hall–Kier alpha value is -0.570. The van der Waals surface area contributed by atoms with Gasteiger partial charge in [-0.1, -0.05) is 0 Å². The first-order valence-corrected chi connectivity index (χ1v) is 5.66. The quantitative estimate of drug-likeness (QED) is 0.462. The van der Waals surface area contributed by atoms with E-state index in [0.29, 0.717) is 0 Å². The summed E-state index contributed by atoms with van der Waals surface area (Å²) in [4.78, 5) is 10.2. The Morgan fingerprint density at radius 2 is 1.86 bits per heavy atom. The number of hydrogen-bond acceptors (Lipinski definition) is 2. The van der Waals surface area contributed by atoms with E-state index in [1.807, 2.05) is 0 Å². The summed E-state index contributed by atoms with van der Waals surface area (Å²) in [6.07, 6.45) is 5.91. The van der Waals surface area contributed by atoms with Crippen LogP contribution in [0.15, 0.2) is 0 Å². The van der Waals surface area contributed by atoms with E-state index < -0.39 is 5.97 Å². The van der Waals surface area contributed by atoms with E-state index in [1.54, 1.807) is 0 Å². The molecule has 1 aliphatic rings. The van der Waals surface area contributed by atoms with E-state index in [4.69, 9.17) is 0 Å². The Morgan fingerprint density at radius 1 is 1.21 bits per heavy atom. The molecule has 0 amide bonds. The molecule has 0 saturated carbocycles. The fourth-order valence-electron chi connectivity index (χ4n) is 2.26. The number of nitrogens with zero attached hydrogens (tertiary/aromatic N) is 1. The zero-order valence-corrected chi connectivity index (χ0v) is 9.13. The SMILES string of the molecule is C[N+]1(CCCCCC(=O)[O-])CCCC1. The van der Waals surface area contributed by atoms with Gasteiger partial charge < -0.3 is 14.4 Å². The van der Waals surface area contributed by atoms with Crippen molar-refractivity contribution in [1.29, 1.82) is 0 Å². The zero-order chi connectivity index (χ0) is 10.4. The van der Waals surface area contributed by atoms with Crippen LogP contribution in [-0.4, -0.2) is 37.1 Å². The molecule has 0 bridgehead atoms. The molecule has 1 aliphatic heterocycles. The molecule has 0 N–H and O–H groups in total. The van der Waals surface area contributed by atoms with Crippen LogP contribution in [0.3, 0.4) is 0 Å². The van der Waals surface area contributed by atoms with Crippen molar-refractivity contribution in [2.75, 3.05) is 26.7 Å². The summed E-state index contributed by atoms with van der Waals surface area (Å²) in [5.74, 6) is -0.911. The van der Waals surface area contributed by atoms with Crippen molar-refractivity contribution in [1.82, 2.24) is 0 Å². The van der Waals surface area contributed by atoms with E-state index in [-0.39, 0.29) is 6.42 Å². The summed E-state index contributed by atoms with van der Waals surface area (Å²) in [6.45, 7) is 3.83. The molecule has 1 rings (SSSR count). The molecule has 0 aromatic rings. The summed E-state index contributed by atoms with van der Waals surface area (Å²) < 4.78 is 1.20. The average molecular weight is 199 g/mol. The molecule has 14 heavy (non-hydrogen) atoms. The second kappa shape index (κ2) is 5.35. The van der Waals surface area contributed by atoms with E-state index >= 15 is 0 Å². The Kier molecular flexibility index (Phi) is 4.39. The summed E-state index contributed by atoms with van der Waals surface area (Å²) >= 11 is 0. The number of hydrogen-bond donors (Lipinski definition) is 0. The highest BCUT2D eigenvalue weighted by atomic mass is 16.4. The van der Waals surface area contributed by atoms with Crippen LogP contribution in [0.1, 0.15) is 38.5 Å². The molecular formula is C11H21NO2. The van der Waals surface area contributed by atoms with Gasteiger partial charge in [0.15, 0.2) is 0 Å². The van der Waals surface area contributed by atoms with Gasteiger partial charge in [0.05, 0.1) is 26.7 Å². The lowest BCUT2D eigenvalue weighted by molar-refractivity contribution is -0.897. The van der Waals surface area contributed by atoms with Gasteiger partial charge in [-0.2, -0.15) is 0 Å². The Bertz CT molecular complexity index is 186. The van der Waals surface area contributed by atoms with Gasteiger partial charge in [0.2, 0.25) is 0 Å². The number of aliphatic carboxylic acids is 1. The minimum absolute atomic E-state index is 0.226. The molecule has 0 spiro atoms. The van der Waals surface area contributed by atoms with Crippen LogP contribution in [0.2, 0.25) is 0 Å². The van der Waals surface area contributed by atoms with Crippen LogP contribution in [-0.2, 0) is 4.79 Å². The molecule has 0 atom stereocenters. The summed E-state index contributed by atoms with van der Waals surface area (Å²) in [5, 5.41) is 10.2. The minimum Gasteiger partial charge on any atom is -0.550 e. The van der Waals surface area contributed by atoms with Crippen molar-refractivity contribution in [3.05, 3.63) is 0 Å². The van der Waals surface area contributed by atoms with Gasteiger partial charge in [-0.05, 0) is 25.7 Å². The predicted octanol–water partition coefficient (Wildman–Crippen LogP) is 0.537. The van der Waals surface area contributed by atoms with Gasteiger partial charge in [0.25, 0.3) is 0 Å². The van der Waals surface area contributed by atoms with Gasteiger partial charge >= 0.3 is 0 Å². The maximum absolute atomic E-state index is 10.2. The van der Waals surface area contributed by atoms with E-state index in [2.05, 4.69) is 7.05 Å². The number of carboxylic acid groups (broad SMARTS) is 1. The van der Waals surface area contributed by atoms with E-state index in [0.717, 1.165) is 19.3 Å². The molecule has 3 nitrogen and oxygen atoms in total. The third-order valence-electron chi connectivity index (χ3n) is 3.22. The van der Waals surface area contributed by atoms with Gasteiger partial charge in [-0.15, -0.1) is 0 Å². The highest BCUT2D eigenvalue weighted by Crippen LogP contribution is 2.17. The van der Waals surface area contributed by atoms with Crippen molar-refractivity contribution < 1.29 is 14.4 Å². The van der Waals surface area contributed by atoms with Crippen LogP contribution in [0, 0.1) is 0 Å². The molecule has 82 valence electrons. The molecule has 3 heteroatoms. The Balaban J connectivity index is 2.00. The number of carboxylic acids is 1. The standard InChI is InChI=1S/C11H21NO2/c1-12(9-5-6-10-12)8-4-2-3-7-11(13)14/h2-10H2,1H3. The number of rotatable bonds is 6. The van der Waals surface area contributed by atoms with Crippen LogP contribution < -0.4 is 5.11 Å². The predicted molar refractivity (Wildman–Crippen MR) is 53.5 cm³/mol. The first-order valence-electron chi connectivity index (χ1n) is 5.66. The topological polar surface area (TPSA) is 40.1 Å². The van der Waals surface area contributed by atoms with Crippen molar-refractivity contribution in [2.24, 2.45) is 0 Å². The molecule has 1 saturated heterocycles. The lowest BCUT2D eigenvalue weighted by Gasteiger charge is -2.29. The molecule has 1 heterocycles. The van der Waals surface area contributed by atoms with Gasteiger partial charge in [0.1, 0.15) is 0 Å². The van der Waals surface area contributed by atoms with Crippen molar-refractivity contribution in [2.45, 2.75) is 38.5 Å². The van der Waals surface area contributed by atoms with Crippen molar-refractivity contribution >= 4 is 5.97 Å². The van der Waals surface area contributed by atoms with Crippen LogP contribution >= 0.6 is 0 Å². The lowest BCUT2D eigenvalue weighted by atomic mass is 10.2. The number of unbranched alkanes of at least 4 members (excludes halogenated alkanes) is 2. The number of quaternary nitrogens is 1. The third-order valence-corrected chi connectivity index (χ3v) is 3.22. The summed E-state index contributed by atoms with van der Waals surface area (Å²) in [7, 11) is 2.31. The fourth-order valence-corrected chi connectivity index (χ4v) is 2.26. The Labute approximate surface area is 86.3 Å². The fraction of sp³-hybridized carbons (Fsp3) is 0.909. The largest absolute Gasteiger partial charge is 0.550 e. The smallest absolute Gasteiger partial charge is 0.0786 e. The van der Waals surface area contributed by atoms with Crippen LogP contribution in [0.4, 0.5) is 0 Å². The number of carbonyl (C=O) groups excluding carboxylic acids is 1. The zero-order valence-electron chi connectivity index (χ0n) is 9.13. The van der Waals surface area contributed by atoms with E-state index in [1.165, 1.54) is 37.0 Å². The molecule has 0 aromatic heterocycles. The molecular weight excluding hydrogens is 178 g/mol. The maximum Gasteiger partial charge on any atom is 0.0786 e. The molecule has 0 aliphatic carbocycles. The number of carbonyl (C=O) groups is 1. The first-order chi connectivity index (χ1) is 6.62. The number of likely N-dealkylation sites (tertiary alicyclic amines) is 1. The van der Waals surface area contributed by atoms with Crippen molar-refractivity contribution in [3.63, 3.8) is 0 Å². The van der Waals surface area contributed by atoms with E-state index in [9.17, 15) is 9.90 Å². The maximum atomic E-state index is 10.2.